The predicted octanol–water partition coefficient (Wildman–Crippen LogP) is 0.249. The van der Waals surface area contributed by atoms with Crippen LogP contribution in [0, 0.1) is 0 Å². The maximum Gasteiger partial charge on any atom is 0.330 e. The fourth-order valence-corrected chi connectivity index (χ4v) is 2.14. The number of rotatable bonds is 3. The van der Waals surface area contributed by atoms with Crippen molar-refractivity contribution >= 4 is 0 Å². The van der Waals surface area contributed by atoms with Gasteiger partial charge in [0.1, 0.15) is 6.23 Å². The topological polar surface area (TPSA) is 73.3 Å². The van der Waals surface area contributed by atoms with Crippen molar-refractivity contribution in [3.8, 4) is 0 Å². The zero-order chi connectivity index (χ0) is 12.4. The van der Waals surface area contributed by atoms with Crippen molar-refractivity contribution in [1.82, 2.24) is 9.55 Å². The van der Waals surface area contributed by atoms with Gasteiger partial charge in [0.15, 0.2) is 0 Å². The highest BCUT2D eigenvalue weighted by atomic mass is 16.6. The molecule has 1 aliphatic heterocycles. The molecule has 0 unspecified atom stereocenters. The lowest BCUT2D eigenvalue weighted by molar-refractivity contribution is -0.0301. The molecule has 2 heterocycles. The molecule has 0 spiro atoms. The Morgan fingerprint density at radius 1 is 1.59 bits per heavy atom. The molecule has 1 N–H and O–H groups in total. The zero-order valence-electron chi connectivity index (χ0n) is 9.88. The molecule has 0 bridgehead atoms. The van der Waals surface area contributed by atoms with E-state index >= 15 is 0 Å². The first-order chi connectivity index (χ1) is 8.15. The van der Waals surface area contributed by atoms with Gasteiger partial charge in [-0.25, -0.2) is 4.79 Å². The van der Waals surface area contributed by atoms with Gasteiger partial charge in [-0.05, 0) is 6.42 Å². The second kappa shape index (κ2) is 4.85. The van der Waals surface area contributed by atoms with Crippen LogP contribution in [0.3, 0.4) is 0 Å². The van der Waals surface area contributed by atoms with Crippen molar-refractivity contribution in [2.45, 2.75) is 38.2 Å². The first-order valence-corrected chi connectivity index (χ1v) is 5.65. The van der Waals surface area contributed by atoms with Crippen LogP contribution in [0.1, 0.15) is 26.0 Å². The van der Waals surface area contributed by atoms with E-state index < -0.39 is 11.2 Å². The van der Waals surface area contributed by atoms with Crippen molar-refractivity contribution < 1.29 is 9.47 Å². The summed E-state index contributed by atoms with van der Waals surface area (Å²) in [5, 5.41) is 0. The van der Waals surface area contributed by atoms with E-state index in [1.54, 1.807) is 7.11 Å². The molecule has 6 nitrogen and oxygen atoms in total. The van der Waals surface area contributed by atoms with Crippen LogP contribution in [0.15, 0.2) is 21.9 Å². The minimum absolute atomic E-state index is 0.0103. The molecule has 0 radical (unpaired) electrons. The lowest BCUT2D eigenvalue weighted by Crippen LogP contribution is -2.31. The van der Waals surface area contributed by atoms with Crippen LogP contribution in [0.2, 0.25) is 0 Å². The highest BCUT2D eigenvalue weighted by Gasteiger charge is 2.35. The Labute approximate surface area is 98.2 Å². The quantitative estimate of drug-likeness (QED) is 0.822. The van der Waals surface area contributed by atoms with Crippen LogP contribution in [-0.4, -0.2) is 28.9 Å². The second-order valence-corrected chi connectivity index (χ2v) is 4.06. The summed E-state index contributed by atoms with van der Waals surface area (Å²) in [5.74, 6) is 0. The molecule has 1 aliphatic rings. The van der Waals surface area contributed by atoms with Gasteiger partial charge in [-0.3, -0.25) is 14.3 Å². The van der Waals surface area contributed by atoms with E-state index in [2.05, 4.69) is 4.98 Å². The molecule has 1 fully saturated rings. The van der Waals surface area contributed by atoms with E-state index in [9.17, 15) is 9.59 Å². The van der Waals surface area contributed by atoms with Gasteiger partial charge in [0.05, 0.1) is 12.2 Å². The van der Waals surface area contributed by atoms with Crippen LogP contribution in [-0.2, 0) is 9.47 Å². The molecule has 94 valence electrons. The molecule has 0 amide bonds. The lowest BCUT2D eigenvalue weighted by atomic mass is 10.1. The predicted molar refractivity (Wildman–Crippen MR) is 60.9 cm³/mol. The molecule has 0 saturated carbocycles. The van der Waals surface area contributed by atoms with Crippen LogP contribution in [0.5, 0.6) is 0 Å². The van der Waals surface area contributed by atoms with Gasteiger partial charge in [-0.1, -0.05) is 6.92 Å². The molecule has 0 aromatic carbocycles. The smallest absolute Gasteiger partial charge is 0.330 e. The third-order valence-corrected chi connectivity index (χ3v) is 3.05. The number of ether oxygens (including phenoxy) is 2. The van der Waals surface area contributed by atoms with E-state index in [0.717, 1.165) is 6.42 Å². The van der Waals surface area contributed by atoms with Crippen LogP contribution < -0.4 is 11.2 Å². The van der Waals surface area contributed by atoms with Crippen LogP contribution in [0.4, 0.5) is 0 Å². The van der Waals surface area contributed by atoms with Crippen LogP contribution in [0.25, 0.3) is 0 Å². The number of nitrogens with zero attached hydrogens (tertiary/aromatic N) is 1. The molecule has 2 rings (SSSR count). The van der Waals surface area contributed by atoms with Gasteiger partial charge < -0.3 is 9.47 Å². The fourth-order valence-electron chi connectivity index (χ4n) is 2.14. The Hall–Kier alpha value is -1.40. The van der Waals surface area contributed by atoms with Crippen LogP contribution >= 0.6 is 0 Å². The summed E-state index contributed by atoms with van der Waals surface area (Å²) in [5.41, 5.74) is -0.853. The SMILES string of the molecule is CC[C@H]1O[C@@H](n2ccc(=O)[nH]c2=O)C[C@@H]1OC. The van der Waals surface area contributed by atoms with Gasteiger partial charge in [0.2, 0.25) is 0 Å². The van der Waals surface area contributed by atoms with Crippen molar-refractivity contribution in [2.24, 2.45) is 0 Å². The third kappa shape index (κ3) is 2.32. The molecule has 1 aromatic rings. The highest BCUT2D eigenvalue weighted by molar-refractivity contribution is 4.88. The van der Waals surface area contributed by atoms with Crippen molar-refractivity contribution in [1.29, 1.82) is 0 Å². The highest BCUT2D eigenvalue weighted by Crippen LogP contribution is 2.30. The monoisotopic (exact) mass is 240 g/mol. The minimum atomic E-state index is -0.450. The number of aromatic amines is 1. The van der Waals surface area contributed by atoms with E-state index in [4.69, 9.17) is 9.47 Å². The summed E-state index contributed by atoms with van der Waals surface area (Å²) in [6, 6.07) is 1.31. The summed E-state index contributed by atoms with van der Waals surface area (Å²) < 4.78 is 12.4. The molecule has 6 heteroatoms. The summed E-state index contributed by atoms with van der Waals surface area (Å²) in [6.45, 7) is 2.01. The maximum atomic E-state index is 11.6. The molecule has 0 aliphatic carbocycles. The molecule has 3 atom stereocenters. The normalized spacial score (nSPS) is 28.5. The number of hydrogen-bond acceptors (Lipinski definition) is 4. The number of nitrogens with one attached hydrogen (secondary N) is 1. The van der Waals surface area contributed by atoms with Crippen molar-refractivity contribution in [3.05, 3.63) is 33.1 Å². The standard InChI is InChI=1S/C11H16N2O4/c1-3-7-8(16-2)6-10(17-7)13-5-4-9(14)12-11(13)15/h4-5,7-8,10H,3,6H2,1-2H3,(H,12,14,15)/t7-,8+,10-/m1/s1. The van der Waals surface area contributed by atoms with Gasteiger partial charge in [0, 0.05) is 25.8 Å². The minimum Gasteiger partial charge on any atom is -0.379 e. The van der Waals surface area contributed by atoms with Crippen molar-refractivity contribution in [3.63, 3.8) is 0 Å². The average Bonchev–Trinajstić information content (AvgIpc) is 2.72. The molecular formula is C11H16N2O4. The zero-order valence-corrected chi connectivity index (χ0v) is 9.88. The Morgan fingerprint density at radius 3 is 2.88 bits per heavy atom. The Morgan fingerprint density at radius 2 is 2.35 bits per heavy atom. The first kappa shape index (κ1) is 12.1. The number of H-pyrrole nitrogens is 1. The second-order valence-electron chi connectivity index (χ2n) is 4.06. The number of methoxy groups -OCH3 is 1. The number of hydrogen-bond donors (Lipinski definition) is 1. The Bertz CT molecular complexity index is 481. The maximum absolute atomic E-state index is 11.6. The average molecular weight is 240 g/mol. The molecule has 1 saturated heterocycles. The van der Waals surface area contributed by atoms with E-state index in [-0.39, 0.29) is 18.4 Å². The summed E-state index contributed by atoms with van der Waals surface area (Å²) in [6.07, 6.45) is 2.51. The van der Waals surface area contributed by atoms with E-state index in [0.29, 0.717) is 6.42 Å². The first-order valence-electron chi connectivity index (χ1n) is 5.65. The Balaban J connectivity index is 2.25. The summed E-state index contributed by atoms with van der Waals surface area (Å²) >= 11 is 0. The van der Waals surface area contributed by atoms with Gasteiger partial charge in [0.25, 0.3) is 5.56 Å². The summed E-state index contributed by atoms with van der Waals surface area (Å²) in [4.78, 5) is 24.8. The van der Waals surface area contributed by atoms with E-state index in [1.165, 1.54) is 16.8 Å². The molecule has 1 aromatic heterocycles. The van der Waals surface area contributed by atoms with Gasteiger partial charge >= 0.3 is 5.69 Å². The molecule has 17 heavy (non-hydrogen) atoms. The lowest BCUT2D eigenvalue weighted by Gasteiger charge is -2.14. The van der Waals surface area contributed by atoms with Gasteiger partial charge in [-0.15, -0.1) is 0 Å². The largest absolute Gasteiger partial charge is 0.379 e. The van der Waals surface area contributed by atoms with Crippen molar-refractivity contribution in [2.75, 3.05) is 7.11 Å². The Kier molecular flexibility index (Phi) is 3.44. The molecular weight excluding hydrogens is 224 g/mol. The van der Waals surface area contributed by atoms with Gasteiger partial charge in [-0.2, -0.15) is 0 Å². The third-order valence-electron chi connectivity index (χ3n) is 3.05. The number of aromatic nitrogens is 2. The van der Waals surface area contributed by atoms with E-state index in [1.807, 2.05) is 6.92 Å². The summed E-state index contributed by atoms with van der Waals surface area (Å²) in [7, 11) is 1.63. The fraction of sp³-hybridized carbons (Fsp3) is 0.636.